The molecular weight excluding hydrogens is 258 g/mol. The van der Waals surface area contributed by atoms with Crippen LogP contribution in [0.4, 0.5) is 0 Å². The number of unbranched alkanes of at least 4 members (excludes halogenated alkanes) is 2. The van der Waals surface area contributed by atoms with Gasteiger partial charge in [0, 0.05) is 15.4 Å². The van der Waals surface area contributed by atoms with Gasteiger partial charge in [0.15, 0.2) is 0 Å². The van der Waals surface area contributed by atoms with E-state index in [4.69, 9.17) is 0 Å². The number of hydrogen-bond donors (Lipinski definition) is 1. The number of nitrogens with one attached hydrogen (secondary N) is 1. The third kappa shape index (κ3) is 3.37. The van der Waals surface area contributed by atoms with Crippen LogP contribution in [-0.2, 0) is 0 Å². The van der Waals surface area contributed by atoms with Crippen molar-refractivity contribution < 1.29 is 0 Å². The van der Waals surface area contributed by atoms with Gasteiger partial charge in [-0.05, 0) is 40.8 Å². The second-order valence-corrected chi connectivity index (χ2v) is 5.27. The van der Waals surface area contributed by atoms with E-state index in [0.717, 1.165) is 0 Å². The maximum absolute atomic E-state index is 3.59. The lowest BCUT2D eigenvalue weighted by atomic mass is 10.1. The van der Waals surface area contributed by atoms with Gasteiger partial charge in [-0.2, -0.15) is 0 Å². The van der Waals surface area contributed by atoms with Crippen LogP contribution in [0.25, 0.3) is 0 Å². The standard InChI is InChI=1S/C11H18BrNS/c1-3-4-5-6-10(13-2)11-9(12)7-8-14-11/h7-8,10,13H,3-6H2,1-2H3. The predicted molar refractivity (Wildman–Crippen MR) is 68.0 cm³/mol. The zero-order valence-corrected chi connectivity index (χ0v) is 11.2. The van der Waals surface area contributed by atoms with E-state index in [0.29, 0.717) is 6.04 Å². The maximum Gasteiger partial charge on any atom is 0.0423 e. The van der Waals surface area contributed by atoms with E-state index >= 15 is 0 Å². The van der Waals surface area contributed by atoms with E-state index in [9.17, 15) is 0 Å². The van der Waals surface area contributed by atoms with Crippen molar-refractivity contribution in [3.63, 3.8) is 0 Å². The number of thiophene rings is 1. The molecule has 0 aromatic carbocycles. The lowest BCUT2D eigenvalue weighted by Gasteiger charge is -2.14. The van der Waals surface area contributed by atoms with Crippen LogP contribution >= 0.6 is 27.3 Å². The molecule has 0 radical (unpaired) electrons. The molecule has 0 aliphatic rings. The van der Waals surface area contributed by atoms with Crippen molar-refractivity contribution in [1.29, 1.82) is 0 Å². The Morgan fingerprint density at radius 1 is 1.50 bits per heavy atom. The molecule has 0 bridgehead atoms. The highest BCUT2D eigenvalue weighted by Crippen LogP contribution is 2.31. The van der Waals surface area contributed by atoms with Gasteiger partial charge in [-0.15, -0.1) is 11.3 Å². The van der Waals surface area contributed by atoms with Crippen molar-refractivity contribution in [2.75, 3.05) is 7.05 Å². The molecule has 14 heavy (non-hydrogen) atoms. The van der Waals surface area contributed by atoms with Crippen LogP contribution in [0.2, 0.25) is 0 Å². The largest absolute Gasteiger partial charge is 0.312 e. The van der Waals surface area contributed by atoms with E-state index in [1.54, 1.807) is 0 Å². The Hall–Kier alpha value is 0.140. The Bertz CT molecular complexity index is 260. The zero-order valence-electron chi connectivity index (χ0n) is 8.85. The third-order valence-electron chi connectivity index (χ3n) is 2.41. The molecule has 0 fully saturated rings. The van der Waals surface area contributed by atoms with Crippen molar-refractivity contribution in [2.24, 2.45) is 0 Å². The van der Waals surface area contributed by atoms with Gasteiger partial charge in [-0.3, -0.25) is 0 Å². The molecule has 1 aromatic rings. The second-order valence-electron chi connectivity index (χ2n) is 3.47. The number of hydrogen-bond acceptors (Lipinski definition) is 2. The third-order valence-corrected chi connectivity index (χ3v) is 4.39. The lowest BCUT2D eigenvalue weighted by Crippen LogP contribution is -2.15. The van der Waals surface area contributed by atoms with Gasteiger partial charge in [-0.25, -0.2) is 0 Å². The normalized spacial score (nSPS) is 13.1. The molecule has 1 nitrogen and oxygen atoms in total. The average Bonchev–Trinajstić information content (AvgIpc) is 2.60. The molecule has 0 amide bonds. The molecule has 1 rings (SSSR count). The van der Waals surface area contributed by atoms with Gasteiger partial charge in [-0.1, -0.05) is 26.2 Å². The molecule has 80 valence electrons. The van der Waals surface area contributed by atoms with E-state index in [-0.39, 0.29) is 0 Å². The molecule has 1 aromatic heterocycles. The summed E-state index contributed by atoms with van der Waals surface area (Å²) in [5.74, 6) is 0. The molecule has 1 N–H and O–H groups in total. The summed E-state index contributed by atoms with van der Waals surface area (Å²) in [5.41, 5.74) is 0. The van der Waals surface area contributed by atoms with Crippen LogP contribution < -0.4 is 5.32 Å². The Labute approximate surface area is 99.0 Å². The minimum Gasteiger partial charge on any atom is -0.312 e. The van der Waals surface area contributed by atoms with E-state index in [1.165, 1.54) is 35.0 Å². The van der Waals surface area contributed by atoms with Gasteiger partial charge in [0.25, 0.3) is 0 Å². The van der Waals surface area contributed by atoms with Crippen molar-refractivity contribution in [3.8, 4) is 0 Å². The topological polar surface area (TPSA) is 12.0 Å². The first-order valence-corrected chi connectivity index (χ1v) is 6.87. The van der Waals surface area contributed by atoms with Crippen LogP contribution in [0.3, 0.4) is 0 Å². The monoisotopic (exact) mass is 275 g/mol. The molecular formula is C11H18BrNS. The smallest absolute Gasteiger partial charge is 0.0423 e. The SMILES string of the molecule is CCCCCC(NC)c1sccc1Br. The summed E-state index contributed by atoms with van der Waals surface area (Å²) in [6.07, 6.45) is 5.18. The summed E-state index contributed by atoms with van der Waals surface area (Å²) in [6, 6.07) is 2.65. The van der Waals surface area contributed by atoms with E-state index in [2.05, 4.69) is 39.6 Å². The first-order valence-electron chi connectivity index (χ1n) is 5.19. The molecule has 0 aliphatic heterocycles. The van der Waals surface area contributed by atoms with Gasteiger partial charge in [0.05, 0.1) is 0 Å². The van der Waals surface area contributed by atoms with Crippen LogP contribution in [0, 0.1) is 0 Å². The summed E-state index contributed by atoms with van der Waals surface area (Å²) in [5, 5.41) is 5.53. The van der Waals surface area contributed by atoms with Crippen molar-refractivity contribution >= 4 is 27.3 Å². The molecule has 0 saturated carbocycles. The number of rotatable bonds is 6. The highest BCUT2D eigenvalue weighted by Gasteiger charge is 2.12. The summed E-state index contributed by atoms with van der Waals surface area (Å²) < 4.78 is 1.25. The lowest BCUT2D eigenvalue weighted by molar-refractivity contribution is 0.517. The Kier molecular flexibility index (Phi) is 5.75. The fourth-order valence-electron chi connectivity index (χ4n) is 1.56. The summed E-state index contributed by atoms with van der Waals surface area (Å²) in [7, 11) is 2.04. The number of halogens is 1. The van der Waals surface area contributed by atoms with Crippen molar-refractivity contribution in [1.82, 2.24) is 5.32 Å². The molecule has 1 atom stereocenters. The summed E-state index contributed by atoms with van der Waals surface area (Å²) in [6.45, 7) is 2.25. The molecule has 0 saturated heterocycles. The first-order chi connectivity index (χ1) is 6.79. The van der Waals surface area contributed by atoms with Crippen LogP contribution in [-0.4, -0.2) is 7.05 Å². The Morgan fingerprint density at radius 3 is 2.79 bits per heavy atom. The Morgan fingerprint density at radius 2 is 2.29 bits per heavy atom. The minimum absolute atomic E-state index is 0.524. The second kappa shape index (κ2) is 6.59. The highest BCUT2D eigenvalue weighted by atomic mass is 79.9. The van der Waals surface area contributed by atoms with Crippen molar-refractivity contribution in [2.45, 2.75) is 38.6 Å². The quantitative estimate of drug-likeness (QED) is 0.762. The minimum atomic E-state index is 0.524. The molecule has 3 heteroatoms. The average molecular weight is 276 g/mol. The molecule has 1 unspecified atom stereocenters. The van der Waals surface area contributed by atoms with Crippen LogP contribution in [0.5, 0.6) is 0 Å². The summed E-state index contributed by atoms with van der Waals surface area (Å²) in [4.78, 5) is 1.43. The Balaban J connectivity index is 2.50. The fourth-order valence-corrected chi connectivity index (χ4v) is 3.35. The van der Waals surface area contributed by atoms with Crippen LogP contribution in [0.15, 0.2) is 15.9 Å². The van der Waals surface area contributed by atoms with E-state index in [1.807, 2.05) is 18.4 Å². The van der Waals surface area contributed by atoms with Gasteiger partial charge in [0.2, 0.25) is 0 Å². The van der Waals surface area contributed by atoms with E-state index < -0.39 is 0 Å². The molecule has 1 heterocycles. The maximum atomic E-state index is 3.59. The van der Waals surface area contributed by atoms with Gasteiger partial charge < -0.3 is 5.32 Å². The van der Waals surface area contributed by atoms with Crippen molar-refractivity contribution in [3.05, 3.63) is 20.8 Å². The molecule has 0 spiro atoms. The predicted octanol–water partition coefficient (Wildman–Crippen LogP) is 4.35. The zero-order chi connectivity index (χ0) is 10.4. The first kappa shape index (κ1) is 12.2. The van der Waals surface area contributed by atoms with Crippen LogP contribution in [0.1, 0.15) is 43.5 Å². The fraction of sp³-hybridized carbons (Fsp3) is 0.636. The highest BCUT2D eigenvalue weighted by molar-refractivity contribution is 9.10. The van der Waals surface area contributed by atoms with Gasteiger partial charge >= 0.3 is 0 Å². The van der Waals surface area contributed by atoms with Gasteiger partial charge in [0.1, 0.15) is 0 Å². The molecule has 0 aliphatic carbocycles. The summed E-state index contributed by atoms with van der Waals surface area (Å²) >= 11 is 5.42.